The third-order valence-corrected chi connectivity index (χ3v) is 3.11. The highest BCUT2D eigenvalue weighted by molar-refractivity contribution is 7.17. The molecule has 0 saturated heterocycles. The summed E-state index contributed by atoms with van der Waals surface area (Å²) >= 11 is 1.00. The molecule has 1 N–H and O–H groups in total. The lowest BCUT2D eigenvalue weighted by Crippen LogP contribution is -2.11. The van der Waals surface area contributed by atoms with Gasteiger partial charge in [-0.05, 0) is 24.3 Å². The van der Waals surface area contributed by atoms with Gasteiger partial charge in [-0.25, -0.2) is 14.2 Å². The maximum Gasteiger partial charge on any atom is 0.349 e. The van der Waals surface area contributed by atoms with Crippen LogP contribution in [0.25, 0.3) is 0 Å². The van der Waals surface area contributed by atoms with Gasteiger partial charge in [0.2, 0.25) is 0 Å². The Morgan fingerprint density at radius 1 is 1.32 bits per heavy atom. The molecule has 0 aliphatic carbocycles. The quantitative estimate of drug-likeness (QED) is 0.876. The van der Waals surface area contributed by atoms with E-state index in [0.29, 0.717) is 5.56 Å². The van der Waals surface area contributed by atoms with Crippen molar-refractivity contribution < 1.29 is 18.7 Å². The molecule has 0 bridgehead atoms. The highest BCUT2D eigenvalue weighted by Crippen LogP contribution is 2.19. The zero-order chi connectivity index (χ0) is 13.8. The van der Waals surface area contributed by atoms with Crippen LogP contribution in [0.15, 0.2) is 30.5 Å². The van der Waals surface area contributed by atoms with Gasteiger partial charge >= 0.3 is 5.97 Å². The average Bonchev–Trinajstić information content (AvgIpc) is 2.87. The van der Waals surface area contributed by atoms with Crippen molar-refractivity contribution in [3.8, 4) is 0 Å². The smallest absolute Gasteiger partial charge is 0.349 e. The van der Waals surface area contributed by atoms with E-state index in [-0.39, 0.29) is 10.0 Å². The monoisotopic (exact) mass is 280 g/mol. The van der Waals surface area contributed by atoms with Crippen LogP contribution in [0.4, 0.5) is 9.52 Å². The van der Waals surface area contributed by atoms with Crippen LogP contribution in [0.5, 0.6) is 0 Å². The van der Waals surface area contributed by atoms with Crippen LogP contribution in [-0.4, -0.2) is 24.0 Å². The number of hydrogen-bond acceptors (Lipinski definition) is 5. The minimum atomic E-state index is -0.514. The zero-order valence-electron chi connectivity index (χ0n) is 9.84. The SMILES string of the molecule is COC(=O)c1cnc(NC(=O)c2ccc(F)cc2)s1. The first-order valence-corrected chi connectivity index (χ1v) is 6.03. The predicted octanol–water partition coefficient (Wildman–Crippen LogP) is 2.32. The van der Waals surface area contributed by atoms with Crippen LogP contribution in [-0.2, 0) is 4.74 Å². The Hall–Kier alpha value is -2.28. The molecule has 0 aliphatic rings. The Morgan fingerprint density at radius 3 is 2.63 bits per heavy atom. The van der Waals surface area contributed by atoms with Crippen molar-refractivity contribution in [2.75, 3.05) is 12.4 Å². The van der Waals surface area contributed by atoms with E-state index < -0.39 is 17.7 Å². The van der Waals surface area contributed by atoms with Gasteiger partial charge in [0.25, 0.3) is 5.91 Å². The number of amides is 1. The van der Waals surface area contributed by atoms with Crippen molar-refractivity contribution in [3.05, 3.63) is 46.7 Å². The molecule has 0 aliphatic heterocycles. The van der Waals surface area contributed by atoms with Crippen LogP contribution in [0.1, 0.15) is 20.0 Å². The molecule has 0 saturated carbocycles. The second kappa shape index (κ2) is 5.57. The average molecular weight is 280 g/mol. The van der Waals surface area contributed by atoms with E-state index in [1.807, 2.05) is 0 Å². The number of methoxy groups -OCH3 is 1. The molecule has 7 heteroatoms. The van der Waals surface area contributed by atoms with E-state index in [0.717, 1.165) is 11.3 Å². The number of carbonyl (C=O) groups excluding carboxylic acids is 2. The minimum absolute atomic E-state index is 0.273. The van der Waals surface area contributed by atoms with Gasteiger partial charge in [0, 0.05) is 5.56 Å². The van der Waals surface area contributed by atoms with Crippen LogP contribution < -0.4 is 5.32 Å². The number of benzene rings is 1. The standard InChI is InChI=1S/C12H9FN2O3S/c1-18-11(17)9-6-14-12(19-9)15-10(16)7-2-4-8(13)5-3-7/h2-6H,1H3,(H,14,15,16). The summed E-state index contributed by atoms with van der Waals surface area (Å²) in [6.07, 6.45) is 1.32. The fourth-order valence-electron chi connectivity index (χ4n) is 1.30. The Morgan fingerprint density at radius 2 is 2.00 bits per heavy atom. The molecule has 5 nitrogen and oxygen atoms in total. The summed E-state index contributed by atoms with van der Waals surface area (Å²) in [5.74, 6) is -1.36. The summed E-state index contributed by atoms with van der Waals surface area (Å²) in [5, 5.41) is 2.79. The molecule has 1 aromatic carbocycles. The molecule has 1 aromatic heterocycles. The van der Waals surface area contributed by atoms with Gasteiger partial charge in [0.15, 0.2) is 5.13 Å². The van der Waals surface area contributed by atoms with Gasteiger partial charge in [-0.1, -0.05) is 11.3 Å². The van der Waals surface area contributed by atoms with Gasteiger partial charge in [0.1, 0.15) is 10.7 Å². The van der Waals surface area contributed by atoms with Crippen LogP contribution in [0, 0.1) is 5.82 Å². The molecular weight excluding hydrogens is 271 g/mol. The molecule has 0 atom stereocenters. The predicted molar refractivity (Wildman–Crippen MR) is 67.8 cm³/mol. The topological polar surface area (TPSA) is 68.3 Å². The fraction of sp³-hybridized carbons (Fsp3) is 0.0833. The molecule has 0 unspecified atom stereocenters. The Kier molecular flexibility index (Phi) is 3.86. The highest BCUT2D eigenvalue weighted by Gasteiger charge is 2.13. The van der Waals surface area contributed by atoms with E-state index in [1.54, 1.807) is 0 Å². The van der Waals surface area contributed by atoms with Crippen molar-refractivity contribution in [1.82, 2.24) is 4.98 Å². The van der Waals surface area contributed by atoms with Crippen molar-refractivity contribution in [2.24, 2.45) is 0 Å². The number of rotatable bonds is 3. The van der Waals surface area contributed by atoms with Gasteiger partial charge in [-0.3, -0.25) is 10.1 Å². The lowest BCUT2D eigenvalue weighted by Gasteiger charge is -2.00. The summed E-state index contributed by atoms with van der Waals surface area (Å²) in [4.78, 5) is 27.2. The first-order valence-electron chi connectivity index (χ1n) is 5.21. The molecule has 1 heterocycles. The molecule has 19 heavy (non-hydrogen) atoms. The Balaban J connectivity index is 2.08. The summed E-state index contributed by atoms with van der Waals surface area (Å²) in [5.41, 5.74) is 0.302. The van der Waals surface area contributed by atoms with E-state index in [4.69, 9.17) is 0 Å². The first-order chi connectivity index (χ1) is 9.10. The molecule has 1 amide bonds. The molecule has 0 fully saturated rings. The molecular formula is C12H9FN2O3S. The van der Waals surface area contributed by atoms with Crippen molar-refractivity contribution in [2.45, 2.75) is 0 Å². The van der Waals surface area contributed by atoms with Crippen molar-refractivity contribution in [1.29, 1.82) is 0 Å². The summed E-state index contributed by atoms with van der Waals surface area (Å²) in [6.45, 7) is 0. The fourth-order valence-corrected chi connectivity index (χ4v) is 2.03. The Labute approximate surface area is 112 Å². The largest absolute Gasteiger partial charge is 0.465 e. The highest BCUT2D eigenvalue weighted by atomic mass is 32.1. The Bertz CT molecular complexity index is 610. The molecule has 2 rings (SSSR count). The lowest BCUT2D eigenvalue weighted by atomic mass is 10.2. The normalized spacial score (nSPS) is 10.0. The summed E-state index contributed by atoms with van der Waals surface area (Å²) in [6, 6.07) is 5.10. The number of halogens is 1. The number of nitrogens with one attached hydrogen (secondary N) is 1. The van der Waals surface area contributed by atoms with E-state index in [2.05, 4.69) is 15.0 Å². The molecule has 2 aromatic rings. The van der Waals surface area contributed by atoms with Crippen LogP contribution in [0.2, 0.25) is 0 Å². The number of aromatic nitrogens is 1. The lowest BCUT2D eigenvalue weighted by molar-refractivity contribution is 0.0606. The van der Waals surface area contributed by atoms with Crippen LogP contribution in [0.3, 0.4) is 0 Å². The van der Waals surface area contributed by atoms with Gasteiger partial charge in [-0.15, -0.1) is 0 Å². The first kappa shape index (κ1) is 13.2. The van der Waals surface area contributed by atoms with E-state index in [9.17, 15) is 14.0 Å². The van der Waals surface area contributed by atoms with E-state index >= 15 is 0 Å². The number of ether oxygens (including phenoxy) is 1. The van der Waals surface area contributed by atoms with Gasteiger partial charge in [0.05, 0.1) is 13.3 Å². The van der Waals surface area contributed by atoms with Gasteiger partial charge < -0.3 is 4.74 Å². The maximum atomic E-state index is 12.7. The number of thiazole rings is 1. The third-order valence-electron chi connectivity index (χ3n) is 2.22. The second-order valence-corrected chi connectivity index (χ2v) is 4.51. The van der Waals surface area contributed by atoms with Crippen LogP contribution >= 0.6 is 11.3 Å². The number of hydrogen-bond donors (Lipinski definition) is 1. The van der Waals surface area contributed by atoms with Crippen molar-refractivity contribution in [3.63, 3.8) is 0 Å². The second-order valence-electron chi connectivity index (χ2n) is 3.48. The number of esters is 1. The van der Waals surface area contributed by atoms with Gasteiger partial charge in [-0.2, -0.15) is 0 Å². The molecule has 98 valence electrons. The summed E-state index contributed by atoms with van der Waals surface area (Å²) < 4.78 is 17.2. The molecule has 0 radical (unpaired) electrons. The number of carbonyl (C=O) groups is 2. The third kappa shape index (κ3) is 3.14. The number of anilines is 1. The number of nitrogens with zero attached hydrogens (tertiary/aromatic N) is 1. The molecule has 0 spiro atoms. The minimum Gasteiger partial charge on any atom is -0.465 e. The van der Waals surface area contributed by atoms with E-state index in [1.165, 1.54) is 37.6 Å². The summed E-state index contributed by atoms with van der Waals surface area (Å²) in [7, 11) is 1.26. The zero-order valence-corrected chi connectivity index (χ0v) is 10.7. The maximum absolute atomic E-state index is 12.7. The van der Waals surface area contributed by atoms with Crippen molar-refractivity contribution >= 4 is 28.3 Å².